The number of nitrogens with one attached hydrogen (secondary N) is 1. The summed E-state index contributed by atoms with van der Waals surface area (Å²) in [6, 6.07) is 17.4. The molecule has 3 rings (SSSR count). The number of amides is 1. The van der Waals surface area contributed by atoms with Crippen LogP contribution < -0.4 is 10.9 Å². The predicted molar refractivity (Wildman–Crippen MR) is 119 cm³/mol. The number of hydrogen-bond donors (Lipinski definition) is 1. The van der Waals surface area contributed by atoms with E-state index in [-0.39, 0.29) is 17.2 Å². The van der Waals surface area contributed by atoms with Crippen LogP contribution in [0.3, 0.4) is 0 Å². The van der Waals surface area contributed by atoms with Gasteiger partial charge >= 0.3 is 0 Å². The van der Waals surface area contributed by atoms with E-state index in [0.29, 0.717) is 35.1 Å². The number of aromatic nitrogens is 2. The van der Waals surface area contributed by atoms with E-state index in [1.54, 1.807) is 10.6 Å². The molecule has 5 nitrogen and oxygen atoms in total. The maximum atomic E-state index is 12.9. The van der Waals surface area contributed by atoms with Gasteiger partial charge in [0.15, 0.2) is 5.16 Å². The van der Waals surface area contributed by atoms with Gasteiger partial charge in [-0.3, -0.25) is 14.2 Å². The number of benzene rings is 2. The zero-order chi connectivity index (χ0) is 20.6. The van der Waals surface area contributed by atoms with Gasteiger partial charge in [-0.25, -0.2) is 4.98 Å². The largest absolute Gasteiger partial charge is 0.355 e. The SMILES string of the molecule is CC(C)CCn1c(SCC(=O)NCCc2ccccc2)nc2ccccc2c1=O. The van der Waals surface area contributed by atoms with Crippen molar-refractivity contribution in [2.45, 2.75) is 38.4 Å². The smallest absolute Gasteiger partial charge is 0.262 e. The van der Waals surface area contributed by atoms with Crippen molar-refractivity contribution < 1.29 is 4.79 Å². The molecule has 2 aromatic carbocycles. The monoisotopic (exact) mass is 409 g/mol. The van der Waals surface area contributed by atoms with Crippen LogP contribution in [0, 0.1) is 5.92 Å². The Morgan fingerprint density at radius 2 is 1.83 bits per heavy atom. The topological polar surface area (TPSA) is 64.0 Å². The van der Waals surface area contributed by atoms with Crippen LogP contribution in [0.15, 0.2) is 64.5 Å². The second-order valence-electron chi connectivity index (χ2n) is 7.43. The first-order valence-electron chi connectivity index (χ1n) is 9.97. The van der Waals surface area contributed by atoms with Gasteiger partial charge in [-0.1, -0.05) is 68.1 Å². The molecule has 3 aromatic rings. The van der Waals surface area contributed by atoms with Crippen molar-refractivity contribution in [1.82, 2.24) is 14.9 Å². The molecule has 0 saturated heterocycles. The second-order valence-corrected chi connectivity index (χ2v) is 8.37. The predicted octanol–water partition coefficient (Wildman–Crippen LogP) is 3.89. The fourth-order valence-electron chi connectivity index (χ4n) is 3.01. The Balaban J connectivity index is 1.67. The average Bonchev–Trinajstić information content (AvgIpc) is 2.72. The minimum absolute atomic E-state index is 0.0387. The van der Waals surface area contributed by atoms with Crippen LogP contribution in [0.25, 0.3) is 10.9 Å². The maximum Gasteiger partial charge on any atom is 0.262 e. The Kier molecular flexibility index (Phi) is 7.47. The summed E-state index contributed by atoms with van der Waals surface area (Å²) in [5, 5.41) is 4.17. The lowest BCUT2D eigenvalue weighted by Gasteiger charge is -2.14. The highest BCUT2D eigenvalue weighted by Gasteiger charge is 2.13. The first kappa shape index (κ1) is 21.1. The highest BCUT2D eigenvalue weighted by atomic mass is 32.2. The van der Waals surface area contributed by atoms with E-state index in [1.807, 2.05) is 48.5 Å². The van der Waals surface area contributed by atoms with E-state index < -0.39 is 0 Å². The molecule has 0 fully saturated rings. The highest BCUT2D eigenvalue weighted by Crippen LogP contribution is 2.18. The summed E-state index contributed by atoms with van der Waals surface area (Å²) in [5.74, 6) is 0.664. The molecule has 1 aromatic heterocycles. The quantitative estimate of drug-likeness (QED) is 0.430. The second kappa shape index (κ2) is 10.3. The molecule has 0 aliphatic heterocycles. The molecule has 1 amide bonds. The first-order chi connectivity index (χ1) is 14.0. The normalized spacial score (nSPS) is 11.1. The summed E-state index contributed by atoms with van der Waals surface area (Å²) >= 11 is 1.32. The third kappa shape index (κ3) is 5.94. The molecular formula is C23H27N3O2S. The lowest BCUT2D eigenvalue weighted by atomic mass is 10.1. The van der Waals surface area contributed by atoms with Crippen LogP contribution >= 0.6 is 11.8 Å². The minimum atomic E-state index is -0.0521. The fourth-order valence-corrected chi connectivity index (χ4v) is 3.87. The van der Waals surface area contributed by atoms with Crippen molar-refractivity contribution >= 4 is 28.6 Å². The first-order valence-corrected chi connectivity index (χ1v) is 11.0. The van der Waals surface area contributed by atoms with Crippen molar-refractivity contribution in [3.8, 4) is 0 Å². The molecule has 6 heteroatoms. The average molecular weight is 410 g/mol. The standard InChI is InChI=1S/C23H27N3O2S/c1-17(2)13-15-26-22(28)19-10-6-7-11-20(19)25-23(26)29-16-21(27)24-14-12-18-8-4-3-5-9-18/h3-11,17H,12-16H2,1-2H3,(H,24,27). The van der Waals surface area contributed by atoms with Crippen LogP contribution in [0.4, 0.5) is 0 Å². The Bertz CT molecular complexity index is 1020. The zero-order valence-electron chi connectivity index (χ0n) is 16.9. The van der Waals surface area contributed by atoms with E-state index >= 15 is 0 Å². The lowest BCUT2D eigenvalue weighted by molar-refractivity contribution is -0.118. The van der Waals surface area contributed by atoms with Crippen LogP contribution in [0.5, 0.6) is 0 Å². The number of nitrogens with zero attached hydrogens (tertiary/aromatic N) is 2. The van der Waals surface area contributed by atoms with Gasteiger partial charge in [0.2, 0.25) is 5.91 Å². The maximum absolute atomic E-state index is 12.9. The third-order valence-corrected chi connectivity index (χ3v) is 5.64. The van der Waals surface area contributed by atoms with E-state index in [9.17, 15) is 9.59 Å². The molecule has 0 atom stereocenters. The molecule has 0 spiro atoms. The summed E-state index contributed by atoms with van der Waals surface area (Å²) in [4.78, 5) is 29.9. The molecule has 0 radical (unpaired) electrons. The molecule has 1 heterocycles. The summed E-state index contributed by atoms with van der Waals surface area (Å²) in [6.45, 7) is 5.46. The summed E-state index contributed by atoms with van der Waals surface area (Å²) in [6.07, 6.45) is 1.68. The minimum Gasteiger partial charge on any atom is -0.355 e. The van der Waals surface area contributed by atoms with Crippen LogP contribution in [-0.4, -0.2) is 27.8 Å². The number of hydrogen-bond acceptors (Lipinski definition) is 4. The molecule has 0 unspecified atom stereocenters. The van der Waals surface area contributed by atoms with Crippen LogP contribution in [-0.2, 0) is 17.8 Å². The zero-order valence-corrected chi connectivity index (χ0v) is 17.7. The number of fused-ring (bicyclic) bond motifs is 1. The van der Waals surface area contributed by atoms with Crippen molar-refractivity contribution in [1.29, 1.82) is 0 Å². The Morgan fingerprint density at radius 3 is 2.59 bits per heavy atom. The number of para-hydroxylation sites is 1. The van der Waals surface area contributed by atoms with E-state index in [2.05, 4.69) is 24.1 Å². The molecule has 0 bridgehead atoms. The lowest BCUT2D eigenvalue weighted by Crippen LogP contribution is -2.28. The third-order valence-electron chi connectivity index (χ3n) is 4.67. The number of carbonyl (C=O) groups excluding carboxylic acids is 1. The molecule has 0 aliphatic carbocycles. The van der Waals surface area contributed by atoms with Gasteiger partial charge in [0.05, 0.1) is 16.7 Å². The Morgan fingerprint density at radius 1 is 1.10 bits per heavy atom. The van der Waals surface area contributed by atoms with E-state index in [0.717, 1.165) is 12.8 Å². The highest BCUT2D eigenvalue weighted by molar-refractivity contribution is 7.99. The number of thioether (sulfide) groups is 1. The van der Waals surface area contributed by atoms with E-state index in [4.69, 9.17) is 0 Å². The number of rotatable bonds is 9. The molecule has 0 aliphatic rings. The van der Waals surface area contributed by atoms with Crippen LogP contribution in [0.1, 0.15) is 25.8 Å². The molecule has 1 N–H and O–H groups in total. The van der Waals surface area contributed by atoms with Crippen molar-refractivity contribution in [3.05, 3.63) is 70.5 Å². The van der Waals surface area contributed by atoms with Gasteiger partial charge in [0.1, 0.15) is 0 Å². The van der Waals surface area contributed by atoms with Crippen LogP contribution in [0.2, 0.25) is 0 Å². The van der Waals surface area contributed by atoms with E-state index in [1.165, 1.54) is 17.3 Å². The van der Waals surface area contributed by atoms with Crippen molar-refractivity contribution in [3.63, 3.8) is 0 Å². The molecule has 0 saturated carbocycles. The summed E-state index contributed by atoms with van der Waals surface area (Å²) in [7, 11) is 0. The van der Waals surface area contributed by atoms with Gasteiger partial charge in [0, 0.05) is 13.1 Å². The summed E-state index contributed by atoms with van der Waals surface area (Å²) < 4.78 is 1.71. The van der Waals surface area contributed by atoms with Gasteiger partial charge in [0.25, 0.3) is 5.56 Å². The molecule has 29 heavy (non-hydrogen) atoms. The number of carbonyl (C=O) groups is 1. The Hall–Kier alpha value is -2.60. The summed E-state index contributed by atoms with van der Waals surface area (Å²) in [5.41, 5.74) is 1.83. The van der Waals surface area contributed by atoms with Gasteiger partial charge in [-0.15, -0.1) is 0 Å². The van der Waals surface area contributed by atoms with Gasteiger partial charge < -0.3 is 5.32 Å². The Labute approximate surface area is 175 Å². The van der Waals surface area contributed by atoms with Crippen molar-refractivity contribution in [2.24, 2.45) is 5.92 Å². The van der Waals surface area contributed by atoms with Crippen molar-refractivity contribution in [2.75, 3.05) is 12.3 Å². The van der Waals surface area contributed by atoms with Gasteiger partial charge in [-0.05, 0) is 36.5 Å². The molecule has 152 valence electrons. The molecular weight excluding hydrogens is 382 g/mol. The fraction of sp³-hybridized carbons (Fsp3) is 0.348. The van der Waals surface area contributed by atoms with Gasteiger partial charge in [-0.2, -0.15) is 0 Å².